The van der Waals surface area contributed by atoms with Gasteiger partial charge in [-0.1, -0.05) is 34.1 Å². The molecule has 0 radical (unpaired) electrons. The third-order valence-corrected chi connectivity index (χ3v) is 9.31. The summed E-state index contributed by atoms with van der Waals surface area (Å²) in [4.78, 5) is 22.6. The lowest BCUT2D eigenvalue weighted by Crippen LogP contribution is -2.63. The molecule has 1 aliphatic heterocycles. The minimum Gasteiger partial charge on any atom is -0.481 e. The molecule has 0 spiro atoms. The number of carboxylic acids is 1. The van der Waals surface area contributed by atoms with Gasteiger partial charge in [-0.2, -0.15) is 0 Å². The van der Waals surface area contributed by atoms with E-state index in [1.54, 1.807) is 6.92 Å². The van der Waals surface area contributed by atoms with Gasteiger partial charge in [-0.15, -0.1) is 0 Å². The summed E-state index contributed by atoms with van der Waals surface area (Å²) in [5, 5.41) is 21.3. The quantitative estimate of drug-likeness (QED) is 0.598. The molecule has 5 heteroatoms. The van der Waals surface area contributed by atoms with Crippen molar-refractivity contribution < 1.29 is 24.8 Å². The van der Waals surface area contributed by atoms with Crippen LogP contribution in [0.25, 0.3) is 0 Å². The van der Waals surface area contributed by atoms with Gasteiger partial charge in [0.25, 0.3) is 0 Å². The van der Waals surface area contributed by atoms with Gasteiger partial charge in [0.1, 0.15) is 11.7 Å². The Balaban J connectivity index is 1.71. The topological polar surface area (TPSA) is 76.0 Å². The van der Waals surface area contributed by atoms with Crippen LogP contribution in [0.1, 0.15) is 99.3 Å². The number of carboxylic acid groups (broad SMARTS) is 1. The monoisotopic (exact) mass is 410 g/mol. The third kappa shape index (κ3) is 3.99. The lowest BCUT2D eigenvalue weighted by molar-refractivity contribution is -0.412. The number of hydrogen-bond acceptors (Lipinski definition) is 4. The fourth-order valence-electron chi connectivity index (χ4n) is 6.64. The molecule has 0 amide bonds. The Morgan fingerprint density at radius 2 is 1.76 bits per heavy atom. The summed E-state index contributed by atoms with van der Waals surface area (Å²) in [5.41, 5.74) is -1.02. The van der Waals surface area contributed by atoms with E-state index in [0.29, 0.717) is 18.3 Å². The molecule has 3 fully saturated rings. The van der Waals surface area contributed by atoms with Crippen LogP contribution >= 0.6 is 0 Å². The predicted octanol–water partition coefficient (Wildman–Crippen LogP) is 5.35. The second-order valence-corrected chi connectivity index (χ2v) is 11.5. The average Bonchev–Trinajstić information content (AvgIpc) is 2.64. The van der Waals surface area contributed by atoms with Gasteiger partial charge in [-0.25, -0.2) is 9.78 Å². The summed E-state index contributed by atoms with van der Waals surface area (Å²) in [5.74, 6) is -0.604. The fraction of sp³-hybridized carbons (Fsp3) is 0.958. The van der Waals surface area contributed by atoms with E-state index in [0.717, 1.165) is 38.5 Å². The van der Waals surface area contributed by atoms with Gasteiger partial charge in [0.15, 0.2) is 0 Å². The van der Waals surface area contributed by atoms with Crippen LogP contribution in [0.5, 0.6) is 0 Å². The standard InChI is InChI=1S/C24H42O5/c1-16-8-9-19-21(3,4)11-7-12-24(19,27)23(16,6)15-14-22(5)13-10-18(28-29-22)17(2)20(25)26/h16-19,27H,7-15H2,1-6H3,(H,25,26)/t16-,17+,18+,19?,22+,23-,24?/m1/s1. The Morgan fingerprint density at radius 3 is 2.34 bits per heavy atom. The molecule has 0 aromatic carbocycles. The summed E-state index contributed by atoms with van der Waals surface area (Å²) in [6, 6.07) is 0. The molecule has 3 aliphatic rings. The summed E-state index contributed by atoms with van der Waals surface area (Å²) in [7, 11) is 0. The number of aliphatic hydroxyl groups is 1. The van der Waals surface area contributed by atoms with Crippen molar-refractivity contribution in [3.05, 3.63) is 0 Å². The van der Waals surface area contributed by atoms with E-state index in [1.165, 1.54) is 12.8 Å². The Labute approximate surface area is 176 Å². The van der Waals surface area contributed by atoms with Crippen molar-refractivity contribution in [3.8, 4) is 0 Å². The Kier molecular flexibility index (Phi) is 6.19. The molecule has 0 aromatic heterocycles. The maximum Gasteiger partial charge on any atom is 0.308 e. The SMILES string of the molecule is C[C@H](C(=O)O)[C@@H]1CC[C@@](C)(CC[C@]2(C)[C@H](C)CCC3C(C)(C)CCCC32O)OO1. The first-order valence-corrected chi connectivity index (χ1v) is 11.6. The van der Waals surface area contributed by atoms with Crippen molar-refractivity contribution in [3.63, 3.8) is 0 Å². The zero-order valence-corrected chi connectivity index (χ0v) is 19.3. The van der Waals surface area contributed by atoms with Crippen LogP contribution in [-0.2, 0) is 14.6 Å². The molecule has 168 valence electrons. The lowest BCUT2D eigenvalue weighted by Gasteiger charge is -2.63. The zero-order valence-electron chi connectivity index (χ0n) is 19.3. The summed E-state index contributed by atoms with van der Waals surface area (Å²) in [6.45, 7) is 13.0. The molecule has 5 nitrogen and oxygen atoms in total. The summed E-state index contributed by atoms with van der Waals surface area (Å²) < 4.78 is 0. The summed E-state index contributed by atoms with van der Waals surface area (Å²) >= 11 is 0. The molecule has 2 N–H and O–H groups in total. The molecule has 2 saturated carbocycles. The van der Waals surface area contributed by atoms with Gasteiger partial charge in [-0.3, -0.25) is 4.79 Å². The van der Waals surface area contributed by atoms with Gasteiger partial charge in [0, 0.05) is 0 Å². The highest BCUT2D eigenvalue weighted by Crippen LogP contribution is 2.63. The highest BCUT2D eigenvalue weighted by Gasteiger charge is 2.61. The minimum absolute atomic E-state index is 0.148. The van der Waals surface area contributed by atoms with Crippen LogP contribution < -0.4 is 0 Å². The molecule has 3 rings (SSSR count). The molecule has 1 saturated heterocycles. The highest BCUT2D eigenvalue weighted by atomic mass is 17.2. The molecule has 7 atom stereocenters. The van der Waals surface area contributed by atoms with E-state index < -0.39 is 29.2 Å². The molecule has 2 aliphatic carbocycles. The van der Waals surface area contributed by atoms with Crippen molar-refractivity contribution >= 4 is 5.97 Å². The largest absolute Gasteiger partial charge is 0.481 e. The molecule has 0 aromatic rings. The van der Waals surface area contributed by atoms with Crippen molar-refractivity contribution in [1.29, 1.82) is 0 Å². The van der Waals surface area contributed by atoms with E-state index in [2.05, 4.69) is 34.6 Å². The van der Waals surface area contributed by atoms with Crippen LogP contribution in [0, 0.1) is 28.6 Å². The van der Waals surface area contributed by atoms with Gasteiger partial charge in [0.2, 0.25) is 0 Å². The predicted molar refractivity (Wildman–Crippen MR) is 112 cm³/mol. The molecular formula is C24H42O5. The normalized spacial score (nSPS) is 46.0. The van der Waals surface area contributed by atoms with Crippen LogP contribution in [0.15, 0.2) is 0 Å². The van der Waals surface area contributed by atoms with Crippen LogP contribution in [0.4, 0.5) is 0 Å². The molecule has 0 bridgehead atoms. The Hall–Kier alpha value is -0.650. The number of fused-ring (bicyclic) bond motifs is 1. The first-order valence-electron chi connectivity index (χ1n) is 11.6. The van der Waals surface area contributed by atoms with E-state index >= 15 is 0 Å². The minimum atomic E-state index is -0.848. The second kappa shape index (κ2) is 7.80. The molecular weight excluding hydrogens is 368 g/mol. The zero-order chi connectivity index (χ0) is 21.7. The second-order valence-electron chi connectivity index (χ2n) is 11.5. The smallest absolute Gasteiger partial charge is 0.308 e. The summed E-state index contributed by atoms with van der Waals surface area (Å²) in [6.07, 6.45) is 8.27. The van der Waals surface area contributed by atoms with Crippen molar-refractivity contribution in [1.82, 2.24) is 0 Å². The first-order chi connectivity index (χ1) is 13.3. The maximum atomic E-state index is 12.1. The molecule has 2 unspecified atom stereocenters. The van der Waals surface area contributed by atoms with Crippen LogP contribution in [0.2, 0.25) is 0 Å². The van der Waals surface area contributed by atoms with Gasteiger partial charge < -0.3 is 10.2 Å². The number of carbonyl (C=O) groups is 1. The van der Waals surface area contributed by atoms with Crippen LogP contribution in [0.3, 0.4) is 0 Å². The van der Waals surface area contributed by atoms with Crippen LogP contribution in [-0.4, -0.2) is 33.5 Å². The highest BCUT2D eigenvalue weighted by molar-refractivity contribution is 5.70. The van der Waals surface area contributed by atoms with E-state index in [9.17, 15) is 15.0 Å². The van der Waals surface area contributed by atoms with Crippen molar-refractivity contribution in [2.24, 2.45) is 28.6 Å². The Morgan fingerprint density at radius 1 is 1.07 bits per heavy atom. The average molecular weight is 411 g/mol. The van der Waals surface area contributed by atoms with E-state index in [-0.39, 0.29) is 10.8 Å². The maximum absolute atomic E-state index is 12.1. The van der Waals surface area contributed by atoms with E-state index in [1.807, 2.05) is 0 Å². The van der Waals surface area contributed by atoms with E-state index in [4.69, 9.17) is 9.78 Å². The molecule has 1 heterocycles. The van der Waals surface area contributed by atoms with Gasteiger partial charge in [-0.05, 0) is 87.9 Å². The third-order valence-electron chi connectivity index (χ3n) is 9.31. The van der Waals surface area contributed by atoms with Gasteiger partial charge >= 0.3 is 5.97 Å². The van der Waals surface area contributed by atoms with Crippen molar-refractivity contribution in [2.75, 3.05) is 0 Å². The van der Waals surface area contributed by atoms with Gasteiger partial charge in [0.05, 0.1) is 11.5 Å². The Bertz CT molecular complexity index is 608. The number of rotatable bonds is 5. The first kappa shape index (κ1) is 23.0. The molecule has 29 heavy (non-hydrogen) atoms. The van der Waals surface area contributed by atoms with Crippen molar-refractivity contribution in [2.45, 2.75) is 117 Å². The number of hydrogen-bond donors (Lipinski definition) is 2. The lowest BCUT2D eigenvalue weighted by atomic mass is 9.45. The fourth-order valence-corrected chi connectivity index (χ4v) is 6.64. The number of aliphatic carboxylic acids is 1.